The molecule has 0 saturated carbocycles. The molecule has 0 fully saturated rings. The number of ether oxygens (including phenoxy) is 1. The van der Waals surface area contributed by atoms with Crippen molar-refractivity contribution in [2.75, 3.05) is 6.61 Å². The summed E-state index contributed by atoms with van der Waals surface area (Å²) < 4.78 is 4.67. The van der Waals surface area contributed by atoms with Gasteiger partial charge in [-0.2, -0.15) is 0 Å². The van der Waals surface area contributed by atoms with Gasteiger partial charge in [0.1, 0.15) is 6.11 Å². The molecule has 0 aromatic heterocycles. The second-order valence-electron chi connectivity index (χ2n) is 1.04. The third kappa shape index (κ3) is 4.92. The first-order valence-corrected chi connectivity index (χ1v) is 2.45. The monoisotopic (exact) mass is 108 g/mol. The zero-order valence-electron chi connectivity index (χ0n) is 5.12. The molecule has 0 N–H and O–H groups in total. The molecule has 0 aromatic carbocycles. The average Bonchev–Trinajstić information content (AvgIpc) is 1.81. The van der Waals surface area contributed by atoms with Crippen molar-refractivity contribution in [1.29, 1.82) is 0 Å². The summed E-state index contributed by atoms with van der Waals surface area (Å²) >= 11 is 0. The average molecular weight is 108 g/mol. The van der Waals surface area contributed by atoms with Gasteiger partial charge in [-0.3, -0.25) is 0 Å². The van der Waals surface area contributed by atoms with E-state index in [1.807, 2.05) is 6.92 Å². The Hall–Kier alpha value is -1.08. The van der Waals surface area contributed by atoms with Gasteiger partial charge in [0.25, 0.3) is 0 Å². The SMILES string of the molecule is CC#CC#COCC. The molecule has 1 nitrogen and oxygen atoms in total. The zero-order chi connectivity index (χ0) is 6.24. The van der Waals surface area contributed by atoms with Crippen LogP contribution >= 0.6 is 0 Å². The highest BCUT2D eigenvalue weighted by atomic mass is 16.5. The molecule has 1 heteroatoms. The van der Waals surface area contributed by atoms with Crippen molar-refractivity contribution < 1.29 is 4.74 Å². The Bertz CT molecular complexity index is 149. The minimum Gasteiger partial charge on any atom is -0.446 e. The first-order chi connectivity index (χ1) is 3.91. The highest BCUT2D eigenvalue weighted by molar-refractivity contribution is 5.22. The molecular formula is C7H8O. The summed E-state index contributed by atoms with van der Waals surface area (Å²) in [6.07, 6.45) is 2.41. The fraction of sp³-hybridized carbons (Fsp3) is 0.429. The van der Waals surface area contributed by atoms with E-state index in [1.54, 1.807) is 6.92 Å². The van der Waals surface area contributed by atoms with Gasteiger partial charge in [0.05, 0.1) is 6.61 Å². The fourth-order valence-corrected chi connectivity index (χ4v) is 0.196. The van der Waals surface area contributed by atoms with E-state index in [1.165, 1.54) is 0 Å². The van der Waals surface area contributed by atoms with Gasteiger partial charge in [-0.25, -0.2) is 0 Å². The van der Waals surface area contributed by atoms with E-state index in [-0.39, 0.29) is 0 Å². The molecule has 0 rings (SSSR count). The lowest BCUT2D eigenvalue weighted by molar-refractivity contribution is 0.299. The Morgan fingerprint density at radius 3 is 2.62 bits per heavy atom. The van der Waals surface area contributed by atoms with E-state index in [2.05, 4.69) is 28.6 Å². The van der Waals surface area contributed by atoms with E-state index in [0.717, 1.165) is 0 Å². The molecule has 0 amide bonds. The van der Waals surface area contributed by atoms with Gasteiger partial charge in [-0.1, -0.05) is 5.92 Å². The minimum atomic E-state index is 0.623. The fourth-order valence-electron chi connectivity index (χ4n) is 0.196. The molecule has 0 radical (unpaired) electrons. The van der Waals surface area contributed by atoms with Gasteiger partial charge in [0.15, 0.2) is 0 Å². The maximum atomic E-state index is 4.67. The summed E-state index contributed by atoms with van der Waals surface area (Å²) in [5.74, 6) is 7.67. The first-order valence-electron chi connectivity index (χ1n) is 2.45. The van der Waals surface area contributed by atoms with E-state index >= 15 is 0 Å². The summed E-state index contributed by atoms with van der Waals surface area (Å²) in [6, 6.07) is 0. The lowest BCUT2D eigenvalue weighted by atomic mass is 10.6. The molecule has 0 aliphatic carbocycles. The van der Waals surface area contributed by atoms with Gasteiger partial charge in [0, 0.05) is 5.92 Å². The maximum absolute atomic E-state index is 4.67. The van der Waals surface area contributed by atoms with Crippen molar-refractivity contribution >= 4 is 0 Å². The zero-order valence-corrected chi connectivity index (χ0v) is 5.12. The van der Waals surface area contributed by atoms with E-state index in [9.17, 15) is 0 Å². The molecule has 0 atom stereocenters. The van der Waals surface area contributed by atoms with Crippen molar-refractivity contribution in [2.45, 2.75) is 13.8 Å². The van der Waals surface area contributed by atoms with Crippen LogP contribution in [-0.2, 0) is 4.74 Å². The lowest BCUT2D eigenvalue weighted by Gasteiger charge is -1.80. The Morgan fingerprint density at radius 1 is 1.38 bits per heavy atom. The smallest absolute Gasteiger partial charge is 0.124 e. The van der Waals surface area contributed by atoms with E-state index in [0.29, 0.717) is 6.61 Å². The van der Waals surface area contributed by atoms with E-state index in [4.69, 9.17) is 0 Å². The molecule has 0 heterocycles. The van der Waals surface area contributed by atoms with Crippen molar-refractivity contribution in [3.63, 3.8) is 0 Å². The Balaban J connectivity index is 3.31. The van der Waals surface area contributed by atoms with Gasteiger partial charge in [-0.15, -0.1) is 0 Å². The van der Waals surface area contributed by atoms with Crippen LogP contribution in [0.3, 0.4) is 0 Å². The van der Waals surface area contributed by atoms with Crippen LogP contribution < -0.4 is 0 Å². The Labute approximate surface area is 50.0 Å². The maximum Gasteiger partial charge on any atom is 0.124 e. The number of rotatable bonds is 1. The second kappa shape index (κ2) is 5.92. The van der Waals surface area contributed by atoms with Crippen LogP contribution in [0, 0.1) is 23.9 Å². The number of hydrogen-bond donors (Lipinski definition) is 0. The van der Waals surface area contributed by atoms with Crippen LogP contribution in [0.2, 0.25) is 0 Å². The minimum absolute atomic E-state index is 0.623. The largest absolute Gasteiger partial charge is 0.446 e. The molecule has 0 aliphatic rings. The molecule has 0 aliphatic heterocycles. The van der Waals surface area contributed by atoms with Crippen LogP contribution in [0.1, 0.15) is 13.8 Å². The molecule has 0 saturated heterocycles. The van der Waals surface area contributed by atoms with Crippen molar-refractivity contribution in [3.05, 3.63) is 0 Å². The van der Waals surface area contributed by atoms with E-state index < -0.39 is 0 Å². The summed E-state index contributed by atoms with van der Waals surface area (Å²) in [6.45, 7) is 4.24. The molecule has 42 valence electrons. The molecule has 0 unspecified atom stereocenters. The van der Waals surface area contributed by atoms with Gasteiger partial charge in [0.2, 0.25) is 0 Å². The summed E-state index contributed by atoms with van der Waals surface area (Å²) in [7, 11) is 0. The van der Waals surface area contributed by atoms with Crippen LogP contribution in [0.25, 0.3) is 0 Å². The van der Waals surface area contributed by atoms with Crippen LogP contribution in [0.15, 0.2) is 0 Å². The van der Waals surface area contributed by atoms with Crippen molar-refractivity contribution in [2.24, 2.45) is 0 Å². The quantitative estimate of drug-likeness (QED) is 0.455. The second-order valence-corrected chi connectivity index (χ2v) is 1.04. The molecular weight excluding hydrogens is 100 g/mol. The third-order valence-corrected chi connectivity index (χ3v) is 0.455. The van der Waals surface area contributed by atoms with Crippen LogP contribution in [-0.4, -0.2) is 6.61 Å². The predicted molar refractivity (Wildman–Crippen MR) is 32.9 cm³/mol. The Kier molecular flexibility index (Phi) is 5.12. The molecule has 0 bridgehead atoms. The highest BCUT2D eigenvalue weighted by Crippen LogP contribution is 1.63. The van der Waals surface area contributed by atoms with Crippen molar-refractivity contribution in [3.8, 4) is 23.9 Å². The summed E-state index contributed by atoms with van der Waals surface area (Å²) in [5.41, 5.74) is 0. The molecule has 0 aromatic rings. The van der Waals surface area contributed by atoms with Gasteiger partial charge in [-0.05, 0) is 19.8 Å². The normalized spacial score (nSPS) is 5.25. The first kappa shape index (κ1) is 6.92. The third-order valence-electron chi connectivity index (χ3n) is 0.455. The summed E-state index contributed by atoms with van der Waals surface area (Å²) in [4.78, 5) is 0. The summed E-state index contributed by atoms with van der Waals surface area (Å²) in [5, 5.41) is 0. The van der Waals surface area contributed by atoms with Gasteiger partial charge < -0.3 is 4.74 Å². The predicted octanol–water partition coefficient (Wildman–Crippen LogP) is 1.01. The highest BCUT2D eigenvalue weighted by Gasteiger charge is 1.61. The topological polar surface area (TPSA) is 9.23 Å². The Morgan fingerprint density at radius 2 is 2.12 bits per heavy atom. The standard InChI is InChI=1S/C7H8O/c1-3-5-6-7-8-4-2/h4H2,1-2H3. The van der Waals surface area contributed by atoms with Crippen LogP contribution in [0.4, 0.5) is 0 Å². The van der Waals surface area contributed by atoms with Crippen LogP contribution in [0.5, 0.6) is 0 Å². The van der Waals surface area contributed by atoms with Crippen molar-refractivity contribution in [1.82, 2.24) is 0 Å². The number of hydrogen-bond acceptors (Lipinski definition) is 1. The lowest BCUT2D eigenvalue weighted by Crippen LogP contribution is -1.75. The molecule has 8 heavy (non-hydrogen) atoms. The van der Waals surface area contributed by atoms with Gasteiger partial charge >= 0.3 is 0 Å². The molecule has 0 spiro atoms.